The van der Waals surface area contributed by atoms with Gasteiger partial charge in [-0.25, -0.2) is 8.42 Å². The SMILES string of the molecule is CC(C(=O)NC1CCCC1)N(Cc1ccc(Cl)cc1)C(=O)CN(c1cccc([N+](=O)[O-])c1)S(C)(=O)=O. The van der Waals surface area contributed by atoms with Gasteiger partial charge in [0.2, 0.25) is 21.8 Å². The molecule has 0 aromatic heterocycles. The van der Waals surface area contributed by atoms with Crippen LogP contribution in [0, 0.1) is 10.1 Å². The minimum absolute atomic E-state index is 0.0189. The molecular weight excluding hydrogens is 508 g/mol. The van der Waals surface area contributed by atoms with E-state index < -0.39 is 33.4 Å². The lowest BCUT2D eigenvalue weighted by Gasteiger charge is -2.32. The molecule has 2 aromatic carbocycles. The molecular formula is C24H29ClN4O6S. The molecule has 1 N–H and O–H groups in total. The molecule has 1 atom stereocenters. The standard InChI is InChI=1S/C24H29ClN4O6S/c1-17(24(31)26-20-6-3-4-7-20)27(15-18-10-12-19(25)13-11-18)23(30)16-28(36(2,34)35)21-8-5-9-22(14-21)29(32)33/h5,8-14,17,20H,3-4,6-7,15-16H2,1-2H3,(H,26,31). The highest BCUT2D eigenvalue weighted by atomic mass is 35.5. The van der Waals surface area contributed by atoms with Gasteiger partial charge in [0.15, 0.2) is 0 Å². The number of non-ortho nitro benzene ring substituents is 1. The smallest absolute Gasteiger partial charge is 0.271 e. The molecule has 194 valence electrons. The van der Waals surface area contributed by atoms with E-state index in [-0.39, 0.29) is 29.9 Å². The lowest BCUT2D eigenvalue weighted by Crippen LogP contribution is -2.52. The number of benzene rings is 2. The first kappa shape index (κ1) is 27.4. The molecule has 1 fully saturated rings. The minimum Gasteiger partial charge on any atom is -0.352 e. The lowest BCUT2D eigenvalue weighted by atomic mass is 10.1. The van der Waals surface area contributed by atoms with E-state index in [1.165, 1.54) is 23.1 Å². The highest BCUT2D eigenvalue weighted by Crippen LogP contribution is 2.24. The van der Waals surface area contributed by atoms with Crippen LogP contribution < -0.4 is 9.62 Å². The number of amides is 2. The van der Waals surface area contributed by atoms with Crippen molar-refractivity contribution in [2.24, 2.45) is 0 Å². The van der Waals surface area contributed by atoms with E-state index in [9.17, 15) is 28.1 Å². The van der Waals surface area contributed by atoms with Gasteiger partial charge in [-0.1, -0.05) is 42.6 Å². The Kier molecular flexibility index (Phi) is 8.91. The van der Waals surface area contributed by atoms with Crippen molar-refractivity contribution in [2.75, 3.05) is 17.1 Å². The van der Waals surface area contributed by atoms with Crippen LogP contribution in [-0.2, 0) is 26.2 Å². The van der Waals surface area contributed by atoms with Crippen molar-refractivity contribution in [1.29, 1.82) is 0 Å². The summed E-state index contributed by atoms with van der Waals surface area (Å²) < 4.78 is 26.0. The maximum Gasteiger partial charge on any atom is 0.271 e. The van der Waals surface area contributed by atoms with Crippen LogP contribution in [0.2, 0.25) is 5.02 Å². The molecule has 0 spiro atoms. The molecule has 1 saturated carbocycles. The van der Waals surface area contributed by atoms with E-state index in [1.54, 1.807) is 31.2 Å². The predicted molar refractivity (Wildman–Crippen MR) is 137 cm³/mol. The summed E-state index contributed by atoms with van der Waals surface area (Å²) in [6, 6.07) is 11.0. The van der Waals surface area contributed by atoms with Crippen molar-refractivity contribution < 1.29 is 22.9 Å². The molecule has 3 rings (SSSR count). The molecule has 10 nitrogen and oxygen atoms in total. The predicted octanol–water partition coefficient (Wildman–Crippen LogP) is 3.49. The van der Waals surface area contributed by atoms with Crippen LogP contribution in [0.15, 0.2) is 48.5 Å². The van der Waals surface area contributed by atoms with Gasteiger partial charge in [-0.05, 0) is 43.5 Å². The van der Waals surface area contributed by atoms with Crippen LogP contribution in [0.3, 0.4) is 0 Å². The molecule has 0 radical (unpaired) electrons. The van der Waals surface area contributed by atoms with Gasteiger partial charge in [0.05, 0.1) is 16.9 Å². The lowest BCUT2D eigenvalue weighted by molar-refractivity contribution is -0.384. The third-order valence-corrected chi connectivity index (χ3v) is 7.54. The van der Waals surface area contributed by atoms with Gasteiger partial charge < -0.3 is 10.2 Å². The molecule has 1 unspecified atom stereocenters. The zero-order valence-electron chi connectivity index (χ0n) is 20.1. The first-order chi connectivity index (χ1) is 17.0. The second kappa shape index (κ2) is 11.7. The van der Waals surface area contributed by atoms with Gasteiger partial charge in [-0.15, -0.1) is 0 Å². The number of sulfonamides is 1. The molecule has 0 aliphatic heterocycles. The van der Waals surface area contributed by atoms with E-state index in [0.717, 1.165) is 42.3 Å². The third kappa shape index (κ3) is 7.17. The number of rotatable bonds is 10. The zero-order chi connectivity index (χ0) is 26.5. The van der Waals surface area contributed by atoms with Crippen molar-refractivity contribution in [1.82, 2.24) is 10.2 Å². The third-order valence-electron chi connectivity index (χ3n) is 6.14. The maximum absolute atomic E-state index is 13.5. The summed E-state index contributed by atoms with van der Waals surface area (Å²) in [6.07, 6.45) is 4.72. The van der Waals surface area contributed by atoms with Gasteiger partial charge in [0, 0.05) is 29.7 Å². The van der Waals surface area contributed by atoms with Crippen LogP contribution in [0.1, 0.15) is 38.2 Å². The molecule has 12 heteroatoms. The molecule has 1 aliphatic carbocycles. The monoisotopic (exact) mass is 536 g/mol. The molecule has 2 amide bonds. The summed E-state index contributed by atoms with van der Waals surface area (Å²) in [6.45, 7) is 1.01. The van der Waals surface area contributed by atoms with E-state index in [1.807, 2.05) is 0 Å². The normalized spacial score (nSPS) is 14.8. The number of nitro benzene ring substituents is 1. The first-order valence-corrected chi connectivity index (χ1v) is 13.7. The summed E-state index contributed by atoms with van der Waals surface area (Å²) in [5.41, 5.74) is 0.375. The quantitative estimate of drug-likeness (QED) is 0.365. The Labute approximate surface area is 215 Å². The van der Waals surface area contributed by atoms with Gasteiger partial charge in [-0.2, -0.15) is 0 Å². The second-order valence-electron chi connectivity index (χ2n) is 8.86. The van der Waals surface area contributed by atoms with Crippen LogP contribution in [-0.4, -0.2) is 54.9 Å². The van der Waals surface area contributed by atoms with Gasteiger partial charge >= 0.3 is 0 Å². The van der Waals surface area contributed by atoms with Gasteiger partial charge in [0.25, 0.3) is 5.69 Å². The fourth-order valence-electron chi connectivity index (χ4n) is 4.14. The summed E-state index contributed by atoms with van der Waals surface area (Å²) in [7, 11) is -3.99. The Morgan fingerprint density at radius 1 is 1.17 bits per heavy atom. The van der Waals surface area contributed by atoms with Crippen molar-refractivity contribution in [3.63, 3.8) is 0 Å². The molecule has 0 heterocycles. The van der Waals surface area contributed by atoms with Gasteiger partial charge in [-0.3, -0.25) is 24.0 Å². The van der Waals surface area contributed by atoms with Crippen LogP contribution in [0.25, 0.3) is 0 Å². The average Bonchev–Trinajstić information content (AvgIpc) is 3.34. The van der Waals surface area contributed by atoms with Crippen LogP contribution in [0.4, 0.5) is 11.4 Å². The average molecular weight is 537 g/mol. The number of hydrogen-bond acceptors (Lipinski definition) is 6. The topological polar surface area (TPSA) is 130 Å². The maximum atomic E-state index is 13.5. The Morgan fingerprint density at radius 2 is 1.81 bits per heavy atom. The van der Waals surface area contributed by atoms with E-state index in [2.05, 4.69) is 5.32 Å². The van der Waals surface area contributed by atoms with Crippen LogP contribution in [0.5, 0.6) is 0 Å². The summed E-state index contributed by atoms with van der Waals surface area (Å²) >= 11 is 5.97. The number of nitrogens with zero attached hydrogens (tertiary/aromatic N) is 3. The zero-order valence-corrected chi connectivity index (χ0v) is 21.7. The van der Waals surface area contributed by atoms with E-state index in [4.69, 9.17) is 11.6 Å². The molecule has 2 aromatic rings. The molecule has 0 saturated heterocycles. The number of nitrogens with one attached hydrogen (secondary N) is 1. The van der Waals surface area contributed by atoms with Crippen molar-refractivity contribution >= 4 is 44.8 Å². The highest BCUT2D eigenvalue weighted by molar-refractivity contribution is 7.92. The number of hydrogen-bond donors (Lipinski definition) is 1. The second-order valence-corrected chi connectivity index (χ2v) is 11.2. The number of carbonyl (C=O) groups is 2. The van der Waals surface area contributed by atoms with Crippen molar-refractivity contribution in [2.45, 2.75) is 51.2 Å². The summed E-state index contributed by atoms with van der Waals surface area (Å²) in [5, 5.41) is 14.7. The minimum atomic E-state index is -3.99. The van der Waals surface area contributed by atoms with E-state index in [0.29, 0.717) is 10.6 Å². The fraction of sp³-hybridized carbons (Fsp3) is 0.417. The molecule has 36 heavy (non-hydrogen) atoms. The Hall–Kier alpha value is -3.18. The largest absolute Gasteiger partial charge is 0.352 e. The number of anilines is 1. The highest BCUT2D eigenvalue weighted by Gasteiger charge is 2.31. The summed E-state index contributed by atoms with van der Waals surface area (Å²) in [4.78, 5) is 38.4. The molecule has 0 bridgehead atoms. The number of nitro groups is 1. The number of halogens is 1. The van der Waals surface area contributed by atoms with Gasteiger partial charge in [0.1, 0.15) is 12.6 Å². The molecule has 1 aliphatic rings. The Balaban J connectivity index is 1.90. The summed E-state index contributed by atoms with van der Waals surface area (Å²) in [5.74, 6) is -0.957. The van der Waals surface area contributed by atoms with E-state index >= 15 is 0 Å². The van der Waals surface area contributed by atoms with Crippen molar-refractivity contribution in [3.8, 4) is 0 Å². The first-order valence-electron chi connectivity index (χ1n) is 11.5. The Bertz CT molecular complexity index is 1220. The number of carbonyl (C=O) groups excluding carboxylic acids is 2. The van der Waals surface area contributed by atoms with Crippen LogP contribution >= 0.6 is 11.6 Å². The Morgan fingerprint density at radius 3 is 2.39 bits per heavy atom. The van der Waals surface area contributed by atoms with Crippen molar-refractivity contribution in [3.05, 3.63) is 69.2 Å². The fourth-order valence-corrected chi connectivity index (χ4v) is 5.10.